The summed E-state index contributed by atoms with van der Waals surface area (Å²) in [5.41, 5.74) is 5.15. The van der Waals surface area contributed by atoms with Crippen LogP contribution in [0.1, 0.15) is 23.3 Å². The zero-order valence-electron chi connectivity index (χ0n) is 9.14. The van der Waals surface area contributed by atoms with Gasteiger partial charge in [-0.1, -0.05) is 11.2 Å². The van der Waals surface area contributed by atoms with Crippen LogP contribution < -0.4 is 16.6 Å². The van der Waals surface area contributed by atoms with Crippen molar-refractivity contribution in [2.75, 3.05) is 6.54 Å². The summed E-state index contributed by atoms with van der Waals surface area (Å²) in [5.74, 6) is -0.241. The van der Waals surface area contributed by atoms with Crippen LogP contribution in [0.2, 0.25) is 0 Å². The summed E-state index contributed by atoms with van der Waals surface area (Å²) in [6.07, 6.45) is 0.945. The number of rotatable bonds is 5. The topological polar surface area (TPSA) is 121 Å². The number of carbonyl (C=O) groups is 1. The van der Waals surface area contributed by atoms with E-state index in [0.29, 0.717) is 19.4 Å². The molecule has 0 aliphatic rings. The van der Waals surface area contributed by atoms with Gasteiger partial charge in [-0.15, -0.1) is 0 Å². The van der Waals surface area contributed by atoms with Crippen LogP contribution in [0.5, 0.6) is 0 Å². The summed E-state index contributed by atoms with van der Waals surface area (Å²) in [4.78, 5) is 24.9. The number of nitrogens with one attached hydrogen (secondary N) is 2. The quantitative estimate of drug-likeness (QED) is 0.184. The fraction of sp³-hybridized carbons (Fsp3) is 0.300. The number of H-pyrrole nitrogens is 1. The Balaban J connectivity index is 2.38. The first-order valence-electron chi connectivity index (χ1n) is 5.07. The van der Waals surface area contributed by atoms with Gasteiger partial charge < -0.3 is 21.2 Å². The first-order valence-corrected chi connectivity index (χ1v) is 5.07. The summed E-state index contributed by atoms with van der Waals surface area (Å²) in [6, 6.07) is 4.35. The normalized spacial score (nSPS) is 11.2. The Morgan fingerprint density at radius 1 is 1.53 bits per heavy atom. The molecule has 7 heteroatoms. The third-order valence-corrected chi connectivity index (χ3v) is 2.04. The number of aromatic amines is 1. The van der Waals surface area contributed by atoms with Gasteiger partial charge in [0.1, 0.15) is 11.5 Å². The molecule has 0 spiro atoms. The SMILES string of the molecule is N/C(CCCNC(=O)c1cccc(=O)[nH]1)=N/O. The molecule has 5 N–H and O–H groups in total. The lowest BCUT2D eigenvalue weighted by Crippen LogP contribution is -2.27. The average molecular weight is 238 g/mol. The van der Waals surface area contributed by atoms with Crippen molar-refractivity contribution in [3.63, 3.8) is 0 Å². The second-order valence-electron chi connectivity index (χ2n) is 3.38. The van der Waals surface area contributed by atoms with E-state index in [9.17, 15) is 9.59 Å². The van der Waals surface area contributed by atoms with Gasteiger partial charge in [0.15, 0.2) is 0 Å². The van der Waals surface area contributed by atoms with E-state index in [1.807, 2.05) is 0 Å². The Bertz CT molecular complexity index is 467. The lowest BCUT2D eigenvalue weighted by Gasteiger charge is -2.04. The number of pyridine rings is 1. The molecule has 0 unspecified atom stereocenters. The van der Waals surface area contributed by atoms with E-state index in [1.54, 1.807) is 0 Å². The predicted molar refractivity (Wildman–Crippen MR) is 62.0 cm³/mol. The number of hydrogen-bond donors (Lipinski definition) is 4. The van der Waals surface area contributed by atoms with Crippen molar-refractivity contribution in [1.29, 1.82) is 0 Å². The summed E-state index contributed by atoms with van der Waals surface area (Å²) in [5, 5.41) is 13.7. The van der Waals surface area contributed by atoms with Crippen molar-refractivity contribution < 1.29 is 10.0 Å². The van der Waals surface area contributed by atoms with Gasteiger partial charge in [-0.3, -0.25) is 9.59 Å². The molecule has 0 saturated carbocycles. The first-order chi connectivity index (χ1) is 8.13. The third-order valence-electron chi connectivity index (χ3n) is 2.04. The number of nitrogens with zero attached hydrogens (tertiary/aromatic N) is 1. The van der Waals surface area contributed by atoms with Crippen molar-refractivity contribution in [1.82, 2.24) is 10.3 Å². The van der Waals surface area contributed by atoms with Gasteiger partial charge >= 0.3 is 0 Å². The van der Waals surface area contributed by atoms with Gasteiger partial charge in [0.25, 0.3) is 5.91 Å². The van der Waals surface area contributed by atoms with Crippen LogP contribution in [0.3, 0.4) is 0 Å². The summed E-state index contributed by atoms with van der Waals surface area (Å²) in [6.45, 7) is 0.381. The van der Waals surface area contributed by atoms with Crippen LogP contribution >= 0.6 is 0 Å². The van der Waals surface area contributed by atoms with Crippen LogP contribution in [-0.4, -0.2) is 28.5 Å². The Hall–Kier alpha value is -2.31. The van der Waals surface area contributed by atoms with E-state index in [1.165, 1.54) is 18.2 Å². The number of carbonyl (C=O) groups excluding carboxylic acids is 1. The molecule has 1 aromatic rings. The fourth-order valence-electron chi connectivity index (χ4n) is 1.20. The lowest BCUT2D eigenvalue weighted by molar-refractivity contribution is 0.0948. The maximum atomic E-state index is 11.5. The van der Waals surface area contributed by atoms with Crippen molar-refractivity contribution in [3.05, 3.63) is 34.2 Å². The highest BCUT2D eigenvalue weighted by Crippen LogP contribution is 1.91. The minimum atomic E-state index is -0.359. The van der Waals surface area contributed by atoms with Crippen molar-refractivity contribution in [2.24, 2.45) is 10.9 Å². The number of amides is 1. The molecule has 0 bridgehead atoms. The average Bonchev–Trinajstić information content (AvgIpc) is 2.34. The Kier molecular flexibility index (Phi) is 4.74. The summed E-state index contributed by atoms with van der Waals surface area (Å²) >= 11 is 0. The van der Waals surface area contributed by atoms with E-state index < -0.39 is 0 Å². The largest absolute Gasteiger partial charge is 0.409 e. The highest BCUT2D eigenvalue weighted by Gasteiger charge is 2.04. The Morgan fingerprint density at radius 3 is 2.94 bits per heavy atom. The van der Waals surface area contributed by atoms with E-state index in [4.69, 9.17) is 10.9 Å². The number of amidine groups is 1. The van der Waals surface area contributed by atoms with E-state index in [2.05, 4.69) is 15.5 Å². The predicted octanol–water partition coefficient (Wildman–Crippen LogP) is -0.369. The smallest absolute Gasteiger partial charge is 0.267 e. The monoisotopic (exact) mass is 238 g/mol. The molecular weight excluding hydrogens is 224 g/mol. The Morgan fingerprint density at radius 2 is 2.29 bits per heavy atom. The maximum Gasteiger partial charge on any atom is 0.267 e. The molecular formula is C10H14N4O3. The van der Waals surface area contributed by atoms with Gasteiger partial charge in [-0.25, -0.2) is 0 Å². The molecule has 0 aliphatic heterocycles. The van der Waals surface area contributed by atoms with E-state index in [-0.39, 0.29) is 23.0 Å². The summed E-state index contributed by atoms with van der Waals surface area (Å²) in [7, 11) is 0. The second kappa shape index (κ2) is 6.31. The van der Waals surface area contributed by atoms with Crippen LogP contribution in [0, 0.1) is 0 Å². The molecule has 1 rings (SSSR count). The minimum absolute atomic E-state index is 0.118. The molecule has 7 nitrogen and oxygen atoms in total. The number of hydrogen-bond acceptors (Lipinski definition) is 4. The van der Waals surface area contributed by atoms with Gasteiger partial charge in [0.05, 0.1) is 0 Å². The zero-order valence-corrected chi connectivity index (χ0v) is 9.14. The van der Waals surface area contributed by atoms with Crippen LogP contribution in [0.15, 0.2) is 28.1 Å². The fourth-order valence-corrected chi connectivity index (χ4v) is 1.20. The van der Waals surface area contributed by atoms with Gasteiger partial charge in [0, 0.05) is 19.0 Å². The van der Waals surface area contributed by atoms with Crippen LogP contribution in [0.4, 0.5) is 0 Å². The lowest BCUT2D eigenvalue weighted by atomic mass is 10.3. The molecule has 0 saturated heterocycles. The standard InChI is InChI=1S/C10H14N4O3/c11-8(14-17)4-2-6-12-10(16)7-3-1-5-9(15)13-7/h1,3,5,17H,2,4,6H2,(H2,11,14)(H,12,16)(H,13,15). The van der Waals surface area contributed by atoms with Gasteiger partial charge in [-0.2, -0.15) is 0 Å². The van der Waals surface area contributed by atoms with Crippen molar-refractivity contribution in [2.45, 2.75) is 12.8 Å². The van der Waals surface area contributed by atoms with E-state index in [0.717, 1.165) is 0 Å². The molecule has 0 aliphatic carbocycles. The first kappa shape index (κ1) is 12.8. The zero-order chi connectivity index (χ0) is 12.7. The second-order valence-corrected chi connectivity index (χ2v) is 3.38. The highest BCUT2D eigenvalue weighted by atomic mass is 16.4. The van der Waals surface area contributed by atoms with Crippen molar-refractivity contribution in [3.8, 4) is 0 Å². The number of aromatic nitrogens is 1. The Labute approximate surface area is 97.3 Å². The molecule has 0 atom stereocenters. The number of oxime groups is 1. The molecule has 0 fully saturated rings. The molecule has 1 aromatic heterocycles. The minimum Gasteiger partial charge on any atom is -0.409 e. The molecule has 1 heterocycles. The van der Waals surface area contributed by atoms with Gasteiger partial charge in [0.2, 0.25) is 5.56 Å². The number of nitrogens with two attached hydrogens (primary N) is 1. The van der Waals surface area contributed by atoms with E-state index >= 15 is 0 Å². The molecule has 1 amide bonds. The summed E-state index contributed by atoms with van der Waals surface area (Å²) < 4.78 is 0. The van der Waals surface area contributed by atoms with Crippen LogP contribution in [0.25, 0.3) is 0 Å². The molecule has 92 valence electrons. The highest BCUT2D eigenvalue weighted by molar-refractivity contribution is 5.92. The molecule has 0 aromatic carbocycles. The van der Waals surface area contributed by atoms with Crippen LogP contribution in [-0.2, 0) is 0 Å². The molecule has 17 heavy (non-hydrogen) atoms. The van der Waals surface area contributed by atoms with Crippen molar-refractivity contribution >= 4 is 11.7 Å². The third kappa shape index (κ3) is 4.37. The van der Waals surface area contributed by atoms with Gasteiger partial charge in [-0.05, 0) is 12.5 Å². The molecule has 0 radical (unpaired) electrons. The maximum absolute atomic E-state index is 11.5.